The summed E-state index contributed by atoms with van der Waals surface area (Å²) in [5.74, 6) is -0.200. The summed E-state index contributed by atoms with van der Waals surface area (Å²) in [6, 6.07) is -0.0613. The van der Waals surface area contributed by atoms with E-state index >= 15 is 0 Å². The number of nitrogens with one attached hydrogen (secondary N) is 1. The van der Waals surface area contributed by atoms with Gasteiger partial charge in [-0.05, 0) is 0 Å². The predicted molar refractivity (Wildman–Crippen MR) is 44.9 cm³/mol. The van der Waals surface area contributed by atoms with Crippen molar-refractivity contribution in [2.45, 2.75) is 12.5 Å². The lowest BCUT2D eigenvalue weighted by molar-refractivity contribution is -0.126. The second kappa shape index (κ2) is 3.76. The fourth-order valence-corrected chi connectivity index (χ4v) is 1.30. The number of halogens is 1. The maximum atomic E-state index is 11.0. The molecule has 1 saturated heterocycles. The maximum Gasteiger partial charge on any atom is 0.235 e. The Morgan fingerprint density at radius 1 is 1.83 bits per heavy atom. The molecule has 1 heterocycles. The minimum atomic E-state index is -0.218. The minimum Gasteiger partial charge on any atom is -0.350 e. The molecule has 0 saturated carbocycles. The van der Waals surface area contributed by atoms with Crippen LogP contribution in [0.25, 0.3) is 0 Å². The van der Waals surface area contributed by atoms with Gasteiger partial charge in [0.1, 0.15) is 5.88 Å². The molecule has 1 N–H and O–H groups in total. The zero-order valence-electron chi connectivity index (χ0n) is 6.84. The number of carbonyl (C=O) groups is 2. The average molecular weight is 191 g/mol. The summed E-state index contributed by atoms with van der Waals surface area (Å²) in [4.78, 5) is 23.4. The van der Waals surface area contributed by atoms with Gasteiger partial charge in [0, 0.05) is 20.0 Å². The van der Waals surface area contributed by atoms with Crippen LogP contribution in [0.2, 0.25) is 0 Å². The summed E-state index contributed by atoms with van der Waals surface area (Å²) in [7, 11) is 1.72. The molecule has 68 valence electrons. The highest BCUT2D eigenvalue weighted by atomic mass is 35.5. The summed E-state index contributed by atoms with van der Waals surface area (Å²) in [5, 5.41) is 2.66. The van der Waals surface area contributed by atoms with Gasteiger partial charge in [-0.25, -0.2) is 0 Å². The molecule has 0 aliphatic carbocycles. The summed E-state index contributed by atoms with van der Waals surface area (Å²) in [6.45, 7) is 0.585. The van der Waals surface area contributed by atoms with E-state index in [0.717, 1.165) is 0 Å². The third-order valence-electron chi connectivity index (χ3n) is 1.83. The van der Waals surface area contributed by atoms with Gasteiger partial charge in [-0.1, -0.05) is 0 Å². The van der Waals surface area contributed by atoms with Gasteiger partial charge in [0.25, 0.3) is 0 Å². The van der Waals surface area contributed by atoms with E-state index in [1.807, 2.05) is 0 Å². The Morgan fingerprint density at radius 2 is 2.50 bits per heavy atom. The monoisotopic (exact) mass is 190 g/mol. The van der Waals surface area contributed by atoms with Crippen molar-refractivity contribution < 1.29 is 9.59 Å². The van der Waals surface area contributed by atoms with Gasteiger partial charge in [0.15, 0.2) is 0 Å². The molecule has 4 nitrogen and oxygen atoms in total. The van der Waals surface area contributed by atoms with Gasteiger partial charge in [-0.2, -0.15) is 0 Å². The Labute approximate surface area is 75.9 Å². The van der Waals surface area contributed by atoms with Crippen LogP contribution >= 0.6 is 11.6 Å². The highest BCUT2D eigenvalue weighted by Crippen LogP contribution is 2.07. The number of alkyl halides is 1. The van der Waals surface area contributed by atoms with Crippen molar-refractivity contribution in [3.63, 3.8) is 0 Å². The predicted octanol–water partition coefficient (Wildman–Crippen LogP) is -0.428. The molecule has 12 heavy (non-hydrogen) atoms. The van der Waals surface area contributed by atoms with Crippen molar-refractivity contribution in [3.8, 4) is 0 Å². The Hall–Kier alpha value is -0.770. The van der Waals surface area contributed by atoms with Crippen LogP contribution in [0.4, 0.5) is 0 Å². The number of likely N-dealkylation sites (N-methyl/N-ethyl adjacent to an activating group) is 1. The van der Waals surface area contributed by atoms with E-state index in [2.05, 4.69) is 5.32 Å². The fourth-order valence-electron chi connectivity index (χ4n) is 1.23. The SMILES string of the molecule is CN1C[C@@H](NC(=O)CCl)CC1=O. The molecule has 1 rings (SSSR count). The van der Waals surface area contributed by atoms with Gasteiger partial charge in [0.05, 0.1) is 6.04 Å². The van der Waals surface area contributed by atoms with Crippen LogP contribution in [0.5, 0.6) is 0 Å². The van der Waals surface area contributed by atoms with Crippen molar-refractivity contribution in [1.82, 2.24) is 10.2 Å². The number of hydrogen-bond acceptors (Lipinski definition) is 2. The van der Waals surface area contributed by atoms with Crippen LogP contribution in [-0.4, -0.2) is 42.2 Å². The molecule has 5 heteroatoms. The molecule has 1 aliphatic rings. The number of carbonyl (C=O) groups excluding carboxylic acids is 2. The van der Waals surface area contributed by atoms with Crippen LogP contribution in [0, 0.1) is 0 Å². The third kappa shape index (κ3) is 2.11. The first-order chi connectivity index (χ1) is 5.63. The molecule has 0 aromatic rings. The first kappa shape index (κ1) is 9.32. The van der Waals surface area contributed by atoms with Crippen molar-refractivity contribution in [3.05, 3.63) is 0 Å². The fraction of sp³-hybridized carbons (Fsp3) is 0.714. The van der Waals surface area contributed by atoms with Gasteiger partial charge < -0.3 is 10.2 Å². The summed E-state index contributed by atoms with van der Waals surface area (Å²) in [5.41, 5.74) is 0. The molecule has 0 aromatic carbocycles. The number of nitrogens with zero attached hydrogens (tertiary/aromatic N) is 1. The Balaban J connectivity index is 2.37. The molecule has 0 bridgehead atoms. The van der Waals surface area contributed by atoms with Crippen molar-refractivity contribution >= 4 is 23.4 Å². The normalized spacial score (nSPS) is 23.0. The van der Waals surface area contributed by atoms with E-state index in [4.69, 9.17) is 11.6 Å². The Bertz CT molecular complexity index is 208. The van der Waals surface area contributed by atoms with E-state index in [1.165, 1.54) is 0 Å². The van der Waals surface area contributed by atoms with Gasteiger partial charge >= 0.3 is 0 Å². The standard InChI is InChI=1S/C7H11ClN2O2/c1-10-4-5(2-7(10)12)9-6(11)3-8/h5H,2-4H2,1H3,(H,9,11)/t5-/m0/s1. The largest absolute Gasteiger partial charge is 0.350 e. The second-order valence-electron chi connectivity index (χ2n) is 2.88. The molecule has 0 radical (unpaired) electrons. The zero-order chi connectivity index (χ0) is 9.14. The van der Waals surface area contributed by atoms with E-state index in [9.17, 15) is 9.59 Å². The van der Waals surface area contributed by atoms with Crippen molar-refractivity contribution in [2.75, 3.05) is 19.5 Å². The number of rotatable bonds is 2. The molecule has 0 unspecified atom stereocenters. The smallest absolute Gasteiger partial charge is 0.235 e. The van der Waals surface area contributed by atoms with Crippen LogP contribution in [-0.2, 0) is 9.59 Å². The van der Waals surface area contributed by atoms with E-state index < -0.39 is 0 Å². The lowest BCUT2D eigenvalue weighted by Crippen LogP contribution is -2.37. The highest BCUT2D eigenvalue weighted by molar-refractivity contribution is 6.27. The summed E-state index contributed by atoms with van der Waals surface area (Å²) >= 11 is 5.29. The first-order valence-electron chi connectivity index (χ1n) is 3.72. The van der Waals surface area contributed by atoms with E-state index in [0.29, 0.717) is 13.0 Å². The summed E-state index contributed by atoms with van der Waals surface area (Å²) in [6.07, 6.45) is 0.388. The Morgan fingerprint density at radius 3 is 2.92 bits per heavy atom. The average Bonchev–Trinajstić information content (AvgIpc) is 2.31. The second-order valence-corrected chi connectivity index (χ2v) is 3.14. The van der Waals surface area contributed by atoms with Gasteiger partial charge in [-0.15, -0.1) is 11.6 Å². The van der Waals surface area contributed by atoms with Crippen LogP contribution in [0.15, 0.2) is 0 Å². The summed E-state index contributed by atoms with van der Waals surface area (Å²) < 4.78 is 0. The molecular formula is C7H11ClN2O2. The molecule has 1 aliphatic heterocycles. The van der Waals surface area contributed by atoms with Crippen LogP contribution in [0.3, 0.4) is 0 Å². The quantitative estimate of drug-likeness (QED) is 0.601. The lowest BCUT2D eigenvalue weighted by Gasteiger charge is -2.10. The molecule has 1 fully saturated rings. The Kier molecular flexibility index (Phi) is 2.92. The van der Waals surface area contributed by atoms with Crippen molar-refractivity contribution in [2.24, 2.45) is 0 Å². The molecule has 0 aromatic heterocycles. The van der Waals surface area contributed by atoms with E-state index in [1.54, 1.807) is 11.9 Å². The number of amides is 2. The van der Waals surface area contributed by atoms with Gasteiger partial charge in [0.2, 0.25) is 11.8 Å². The van der Waals surface area contributed by atoms with Crippen LogP contribution in [0.1, 0.15) is 6.42 Å². The maximum absolute atomic E-state index is 11.0. The van der Waals surface area contributed by atoms with Crippen LogP contribution < -0.4 is 5.32 Å². The third-order valence-corrected chi connectivity index (χ3v) is 2.07. The van der Waals surface area contributed by atoms with E-state index in [-0.39, 0.29) is 23.7 Å². The molecule has 2 amide bonds. The van der Waals surface area contributed by atoms with Gasteiger partial charge in [-0.3, -0.25) is 9.59 Å². The zero-order valence-corrected chi connectivity index (χ0v) is 7.60. The molecule has 1 atom stereocenters. The minimum absolute atomic E-state index is 0.0472. The highest BCUT2D eigenvalue weighted by Gasteiger charge is 2.27. The number of hydrogen-bond donors (Lipinski definition) is 1. The molecular weight excluding hydrogens is 180 g/mol. The first-order valence-corrected chi connectivity index (χ1v) is 4.26. The lowest BCUT2D eigenvalue weighted by atomic mass is 10.2. The topological polar surface area (TPSA) is 49.4 Å². The number of likely N-dealkylation sites (tertiary alicyclic amines) is 1. The van der Waals surface area contributed by atoms with Crippen molar-refractivity contribution in [1.29, 1.82) is 0 Å². The molecule has 0 spiro atoms.